The summed E-state index contributed by atoms with van der Waals surface area (Å²) >= 11 is 0. The number of aromatic nitrogens is 1. The molecular formula is C12H14N2O. The number of methoxy groups -OCH3 is 1. The van der Waals surface area contributed by atoms with E-state index in [0.717, 1.165) is 28.6 Å². The van der Waals surface area contributed by atoms with Crippen molar-refractivity contribution in [3.05, 3.63) is 36.0 Å². The Labute approximate surface area is 88.9 Å². The summed E-state index contributed by atoms with van der Waals surface area (Å²) < 4.78 is 5.32. The van der Waals surface area contributed by atoms with Gasteiger partial charge in [0.05, 0.1) is 12.6 Å². The van der Waals surface area contributed by atoms with Crippen molar-refractivity contribution in [2.45, 2.75) is 6.42 Å². The van der Waals surface area contributed by atoms with E-state index in [0.29, 0.717) is 6.54 Å². The van der Waals surface area contributed by atoms with Crippen LogP contribution in [-0.2, 0) is 6.42 Å². The van der Waals surface area contributed by atoms with Crippen LogP contribution < -0.4 is 10.5 Å². The van der Waals surface area contributed by atoms with Crippen LogP contribution in [0.2, 0.25) is 0 Å². The molecule has 78 valence electrons. The molecule has 0 unspecified atom stereocenters. The van der Waals surface area contributed by atoms with Gasteiger partial charge in [0, 0.05) is 17.1 Å². The van der Waals surface area contributed by atoms with Crippen molar-refractivity contribution in [1.29, 1.82) is 0 Å². The second-order valence-corrected chi connectivity index (χ2v) is 3.36. The van der Waals surface area contributed by atoms with Crippen molar-refractivity contribution < 1.29 is 4.74 Å². The number of hydrogen-bond donors (Lipinski definition) is 1. The SMILES string of the molecule is COc1ccc2ncccc2c1CCN. The van der Waals surface area contributed by atoms with Gasteiger partial charge in [0.2, 0.25) is 0 Å². The Bertz CT molecular complexity index is 468. The molecule has 0 atom stereocenters. The van der Waals surface area contributed by atoms with Gasteiger partial charge < -0.3 is 10.5 Å². The molecular weight excluding hydrogens is 188 g/mol. The number of hydrogen-bond acceptors (Lipinski definition) is 3. The maximum Gasteiger partial charge on any atom is 0.122 e. The molecule has 0 aliphatic heterocycles. The highest BCUT2D eigenvalue weighted by atomic mass is 16.5. The van der Waals surface area contributed by atoms with E-state index in [9.17, 15) is 0 Å². The molecule has 2 N–H and O–H groups in total. The minimum atomic E-state index is 0.615. The molecule has 1 heterocycles. The second kappa shape index (κ2) is 4.28. The molecule has 15 heavy (non-hydrogen) atoms. The zero-order valence-corrected chi connectivity index (χ0v) is 8.73. The van der Waals surface area contributed by atoms with Gasteiger partial charge in [0.15, 0.2) is 0 Å². The largest absolute Gasteiger partial charge is 0.496 e. The van der Waals surface area contributed by atoms with Crippen molar-refractivity contribution in [3.8, 4) is 5.75 Å². The predicted molar refractivity (Wildman–Crippen MR) is 61.1 cm³/mol. The van der Waals surface area contributed by atoms with Crippen LogP contribution in [0.5, 0.6) is 5.75 Å². The van der Waals surface area contributed by atoms with Crippen LogP contribution in [0, 0.1) is 0 Å². The van der Waals surface area contributed by atoms with Gasteiger partial charge in [-0.3, -0.25) is 4.98 Å². The first-order chi connectivity index (χ1) is 7.36. The maximum absolute atomic E-state index is 5.60. The lowest BCUT2D eigenvalue weighted by atomic mass is 10.0. The maximum atomic E-state index is 5.60. The van der Waals surface area contributed by atoms with Gasteiger partial charge in [-0.2, -0.15) is 0 Å². The average Bonchev–Trinajstić information content (AvgIpc) is 2.30. The molecule has 0 aliphatic carbocycles. The van der Waals surface area contributed by atoms with Crippen molar-refractivity contribution in [2.75, 3.05) is 13.7 Å². The smallest absolute Gasteiger partial charge is 0.122 e. The van der Waals surface area contributed by atoms with Crippen molar-refractivity contribution in [2.24, 2.45) is 5.73 Å². The van der Waals surface area contributed by atoms with E-state index in [1.54, 1.807) is 13.3 Å². The Kier molecular flexibility index (Phi) is 2.83. The summed E-state index contributed by atoms with van der Waals surface area (Å²) in [6.45, 7) is 0.615. The van der Waals surface area contributed by atoms with Crippen LogP contribution in [0.4, 0.5) is 0 Å². The number of pyridine rings is 1. The first-order valence-corrected chi connectivity index (χ1v) is 4.97. The minimum Gasteiger partial charge on any atom is -0.496 e. The minimum absolute atomic E-state index is 0.615. The van der Waals surface area contributed by atoms with E-state index < -0.39 is 0 Å². The van der Waals surface area contributed by atoms with Gasteiger partial charge in [-0.15, -0.1) is 0 Å². The molecule has 0 radical (unpaired) electrons. The Morgan fingerprint density at radius 2 is 2.20 bits per heavy atom. The molecule has 0 spiro atoms. The lowest BCUT2D eigenvalue weighted by Gasteiger charge is -2.10. The highest BCUT2D eigenvalue weighted by Gasteiger charge is 2.07. The third-order valence-electron chi connectivity index (χ3n) is 2.47. The van der Waals surface area contributed by atoms with Gasteiger partial charge in [0.25, 0.3) is 0 Å². The average molecular weight is 202 g/mol. The third kappa shape index (κ3) is 1.78. The Morgan fingerprint density at radius 1 is 1.33 bits per heavy atom. The van der Waals surface area contributed by atoms with E-state index in [1.807, 2.05) is 18.2 Å². The van der Waals surface area contributed by atoms with Crippen LogP contribution in [0.3, 0.4) is 0 Å². The molecule has 0 bridgehead atoms. The highest BCUT2D eigenvalue weighted by molar-refractivity contribution is 5.84. The van der Waals surface area contributed by atoms with Crippen LogP contribution in [-0.4, -0.2) is 18.6 Å². The van der Waals surface area contributed by atoms with Gasteiger partial charge in [0.1, 0.15) is 5.75 Å². The van der Waals surface area contributed by atoms with Crippen molar-refractivity contribution >= 4 is 10.9 Å². The Balaban J connectivity index is 2.67. The second-order valence-electron chi connectivity index (χ2n) is 3.36. The normalized spacial score (nSPS) is 10.5. The summed E-state index contributed by atoms with van der Waals surface area (Å²) in [4.78, 5) is 4.30. The number of benzene rings is 1. The number of nitrogens with zero attached hydrogens (tertiary/aromatic N) is 1. The van der Waals surface area contributed by atoms with Crippen molar-refractivity contribution in [3.63, 3.8) is 0 Å². The molecule has 0 amide bonds. The molecule has 2 rings (SSSR count). The highest BCUT2D eigenvalue weighted by Crippen LogP contribution is 2.26. The summed E-state index contributed by atoms with van der Waals surface area (Å²) in [7, 11) is 1.68. The molecule has 3 heteroatoms. The molecule has 0 aliphatic rings. The standard InChI is InChI=1S/C12H14N2O/c1-15-12-5-4-11-9(3-2-8-14-11)10(12)6-7-13/h2-5,8H,6-7,13H2,1H3. The fraction of sp³-hybridized carbons (Fsp3) is 0.250. The summed E-state index contributed by atoms with van der Waals surface area (Å²) in [5.41, 5.74) is 7.73. The lowest BCUT2D eigenvalue weighted by molar-refractivity contribution is 0.410. The van der Waals surface area contributed by atoms with Gasteiger partial charge in [-0.05, 0) is 31.2 Å². The summed E-state index contributed by atoms with van der Waals surface area (Å²) in [5, 5.41) is 1.13. The van der Waals surface area contributed by atoms with Crippen molar-refractivity contribution in [1.82, 2.24) is 4.98 Å². The van der Waals surface area contributed by atoms with E-state index in [4.69, 9.17) is 10.5 Å². The fourth-order valence-electron chi connectivity index (χ4n) is 1.79. The van der Waals surface area contributed by atoms with E-state index >= 15 is 0 Å². The number of nitrogens with two attached hydrogens (primary N) is 1. The zero-order valence-electron chi connectivity index (χ0n) is 8.73. The topological polar surface area (TPSA) is 48.1 Å². The molecule has 1 aromatic heterocycles. The molecule has 0 fully saturated rings. The van der Waals surface area contributed by atoms with E-state index in [2.05, 4.69) is 11.1 Å². The molecule has 3 nitrogen and oxygen atoms in total. The first kappa shape index (κ1) is 9.93. The van der Waals surface area contributed by atoms with E-state index in [1.165, 1.54) is 0 Å². The summed E-state index contributed by atoms with van der Waals surface area (Å²) in [6, 6.07) is 7.89. The van der Waals surface area contributed by atoms with Crippen LogP contribution in [0.25, 0.3) is 10.9 Å². The van der Waals surface area contributed by atoms with E-state index in [-0.39, 0.29) is 0 Å². The first-order valence-electron chi connectivity index (χ1n) is 4.97. The quantitative estimate of drug-likeness (QED) is 0.824. The number of rotatable bonds is 3. The number of fused-ring (bicyclic) bond motifs is 1. The zero-order chi connectivity index (χ0) is 10.7. The van der Waals surface area contributed by atoms with Crippen LogP contribution in [0.1, 0.15) is 5.56 Å². The fourth-order valence-corrected chi connectivity index (χ4v) is 1.79. The lowest BCUT2D eigenvalue weighted by Crippen LogP contribution is -2.05. The predicted octanol–water partition coefficient (Wildman–Crippen LogP) is 1.74. The van der Waals surface area contributed by atoms with Gasteiger partial charge in [-0.25, -0.2) is 0 Å². The molecule has 2 aromatic rings. The Morgan fingerprint density at radius 3 is 2.93 bits per heavy atom. The molecule has 0 saturated carbocycles. The summed E-state index contributed by atoms with van der Waals surface area (Å²) in [6.07, 6.45) is 2.60. The van der Waals surface area contributed by atoms with Gasteiger partial charge >= 0.3 is 0 Å². The monoisotopic (exact) mass is 202 g/mol. The third-order valence-corrected chi connectivity index (χ3v) is 2.47. The molecule has 1 aromatic carbocycles. The van der Waals surface area contributed by atoms with Crippen LogP contribution in [0.15, 0.2) is 30.5 Å². The molecule has 0 saturated heterocycles. The summed E-state index contributed by atoms with van der Waals surface area (Å²) in [5.74, 6) is 0.890. The van der Waals surface area contributed by atoms with Crippen LogP contribution >= 0.6 is 0 Å². The number of ether oxygens (including phenoxy) is 1. The Hall–Kier alpha value is -1.61. The van der Waals surface area contributed by atoms with Gasteiger partial charge in [-0.1, -0.05) is 6.07 Å².